The third kappa shape index (κ3) is 4.40. The molecule has 0 saturated heterocycles. The molecular weight excluding hydrogens is 293 g/mol. The van der Waals surface area contributed by atoms with E-state index in [1.165, 1.54) is 0 Å². The molecule has 0 spiro atoms. The van der Waals surface area contributed by atoms with Crippen molar-refractivity contribution in [3.05, 3.63) is 60.7 Å². The van der Waals surface area contributed by atoms with Crippen LogP contribution < -0.4 is 21.0 Å². The number of carbonyl (C=O) groups is 1. The lowest BCUT2D eigenvalue weighted by molar-refractivity contribution is -0.306. The molecule has 116 valence electrons. The highest BCUT2D eigenvalue weighted by molar-refractivity contribution is 7.74. The van der Waals surface area contributed by atoms with E-state index in [0.717, 1.165) is 10.6 Å². The summed E-state index contributed by atoms with van der Waals surface area (Å²) in [4.78, 5) is 11.8. The maximum Gasteiger partial charge on any atom is 0.0756 e. The van der Waals surface area contributed by atoms with Crippen molar-refractivity contribution < 1.29 is 9.90 Å². The predicted molar refractivity (Wildman–Crippen MR) is 90.8 cm³/mol. The molecule has 0 heterocycles. The van der Waals surface area contributed by atoms with E-state index in [-0.39, 0.29) is 5.54 Å². The van der Waals surface area contributed by atoms with Crippen LogP contribution in [0.1, 0.15) is 20.8 Å². The van der Waals surface area contributed by atoms with E-state index in [1.807, 2.05) is 81.4 Å². The molecule has 1 N–H and O–H groups in total. The highest BCUT2D eigenvalue weighted by Crippen LogP contribution is 2.38. The Balaban J connectivity index is 2.49. The van der Waals surface area contributed by atoms with Crippen molar-refractivity contribution in [3.63, 3.8) is 0 Å². The maximum atomic E-state index is 11.8. The van der Waals surface area contributed by atoms with Crippen LogP contribution >= 0.6 is 7.92 Å². The van der Waals surface area contributed by atoms with Crippen molar-refractivity contribution in [1.82, 2.24) is 5.32 Å². The first-order chi connectivity index (χ1) is 10.4. The molecule has 0 aromatic heterocycles. The van der Waals surface area contributed by atoms with Gasteiger partial charge in [0.2, 0.25) is 0 Å². The summed E-state index contributed by atoms with van der Waals surface area (Å²) in [6.45, 7) is 5.89. The van der Waals surface area contributed by atoms with Crippen molar-refractivity contribution in [2.45, 2.75) is 32.1 Å². The monoisotopic (exact) mass is 314 g/mol. The van der Waals surface area contributed by atoms with E-state index in [0.29, 0.717) is 0 Å². The number of hydrogen-bond acceptors (Lipinski definition) is 3. The van der Waals surface area contributed by atoms with Gasteiger partial charge in [0, 0.05) is 5.54 Å². The van der Waals surface area contributed by atoms with Gasteiger partial charge in [0.1, 0.15) is 0 Å². The standard InChI is InChI=1S/C18H22NO2P/c1-18(2,3)19-16(17(20)21)22(14-10-6-4-7-11-14)15-12-8-5-9-13-15/h4-13,16,19H,1-3H3,(H,20,21)/p-1. The van der Waals surface area contributed by atoms with Crippen molar-refractivity contribution in [2.75, 3.05) is 0 Å². The normalized spacial score (nSPS) is 13.1. The molecule has 2 rings (SSSR count). The molecule has 0 amide bonds. The van der Waals surface area contributed by atoms with Crippen LogP contribution in [0.2, 0.25) is 0 Å². The molecule has 0 aliphatic heterocycles. The summed E-state index contributed by atoms with van der Waals surface area (Å²) < 4.78 is 0. The minimum Gasteiger partial charge on any atom is -0.548 e. The Labute approximate surface area is 133 Å². The fraction of sp³-hybridized carbons (Fsp3) is 0.278. The number of carbonyl (C=O) groups excluding carboxylic acids is 1. The lowest BCUT2D eigenvalue weighted by Crippen LogP contribution is -2.53. The number of nitrogens with one attached hydrogen (secondary N) is 1. The molecular formula is C18H21NO2P-. The van der Waals surface area contributed by atoms with E-state index in [4.69, 9.17) is 0 Å². The van der Waals surface area contributed by atoms with Crippen LogP contribution in [0.25, 0.3) is 0 Å². The molecule has 1 atom stereocenters. The molecule has 22 heavy (non-hydrogen) atoms. The smallest absolute Gasteiger partial charge is 0.0756 e. The lowest BCUT2D eigenvalue weighted by Gasteiger charge is -2.35. The maximum absolute atomic E-state index is 11.8. The second-order valence-electron chi connectivity index (χ2n) is 6.16. The topological polar surface area (TPSA) is 52.2 Å². The number of rotatable bonds is 5. The SMILES string of the molecule is CC(C)(C)NC(C(=O)[O-])P(c1ccccc1)c1ccccc1. The molecule has 0 radical (unpaired) electrons. The van der Waals surface area contributed by atoms with Gasteiger partial charge in [-0.2, -0.15) is 0 Å². The molecule has 2 aromatic rings. The van der Waals surface area contributed by atoms with Crippen LogP contribution in [-0.4, -0.2) is 17.3 Å². The third-order valence-electron chi connectivity index (χ3n) is 3.12. The van der Waals surface area contributed by atoms with Crippen LogP contribution in [0.3, 0.4) is 0 Å². The van der Waals surface area contributed by atoms with Gasteiger partial charge in [-0.25, -0.2) is 0 Å². The van der Waals surface area contributed by atoms with E-state index in [1.54, 1.807) is 0 Å². The molecule has 1 unspecified atom stereocenters. The van der Waals surface area contributed by atoms with Gasteiger partial charge >= 0.3 is 0 Å². The van der Waals surface area contributed by atoms with E-state index in [2.05, 4.69) is 5.32 Å². The second kappa shape index (κ2) is 7.04. The van der Waals surface area contributed by atoms with Gasteiger partial charge in [0.15, 0.2) is 0 Å². The Bertz CT molecular complexity index is 568. The van der Waals surface area contributed by atoms with Gasteiger partial charge in [-0.1, -0.05) is 60.7 Å². The summed E-state index contributed by atoms with van der Waals surface area (Å²) in [5.41, 5.74) is -0.311. The minimum atomic E-state index is -1.09. The third-order valence-corrected chi connectivity index (χ3v) is 5.69. The van der Waals surface area contributed by atoms with Gasteiger partial charge in [-0.05, 0) is 39.3 Å². The number of aliphatic carboxylic acids is 1. The Kier molecular flexibility index (Phi) is 5.33. The first-order valence-corrected chi connectivity index (χ1v) is 8.67. The molecule has 4 heteroatoms. The highest BCUT2D eigenvalue weighted by atomic mass is 31.1. The molecule has 0 aliphatic rings. The Morgan fingerprint density at radius 1 is 0.955 bits per heavy atom. The van der Waals surface area contributed by atoms with Crippen LogP contribution in [0.5, 0.6) is 0 Å². The highest BCUT2D eigenvalue weighted by Gasteiger charge is 2.28. The summed E-state index contributed by atoms with van der Waals surface area (Å²) >= 11 is 0. The zero-order valence-electron chi connectivity index (χ0n) is 13.1. The number of carboxylic acids is 1. The van der Waals surface area contributed by atoms with Crippen molar-refractivity contribution in [2.24, 2.45) is 0 Å². The van der Waals surface area contributed by atoms with Gasteiger partial charge in [-0.15, -0.1) is 0 Å². The van der Waals surface area contributed by atoms with Crippen LogP contribution in [-0.2, 0) is 4.79 Å². The van der Waals surface area contributed by atoms with Crippen LogP contribution in [0, 0.1) is 0 Å². The van der Waals surface area contributed by atoms with E-state index < -0.39 is 19.7 Å². The molecule has 0 saturated carbocycles. The minimum absolute atomic E-state index is 0.311. The molecule has 0 bridgehead atoms. The number of benzene rings is 2. The predicted octanol–water partition coefficient (Wildman–Crippen LogP) is 1.58. The van der Waals surface area contributed by atoms with Crippen molar-refractivity contribution in [3.8, 4) is 0 Å². The average molecular weight is 314 g/mol. The number of hydrogen-bond donors (Lipinski definition) is 1. The summed E-state index contributed by atoms with van der Waals surface area (Å²) in [5, 5.41) is 17.1. The molecule has 0 aliphatic carbocycles. The molecule has 0 fully saturated rings. The zero-order chi connectivity index (χ0) is 16.2. The Morgan fingerprint density at radius 3 is 1.68 bits per heavy atom. The summed E-state index contributed by atoms with van der Waals surface area (Å²) in [6, 6.07) is 19.6. The fourth-order valence-electron chi connectivity index (χ4n) is 2.26. The van der Waals surface area contributed by atoms with Crippen molar-refractivity contribution >= 4 is 24.5 Å². The van der Waals surface area contributed by atoms with Gasteiger partial charge in [0.05, 0.1) is 11.8 Å². The first-order valence-electron chi connectivity index (χ1n) is 7.26. The Hall–Kier alpha value is -1.70. The Morgan fingerprint density at radius 2 is 1.36 bits per heavy atom. The molecule has 2 aromatic carbocycles. The van der Waals surface area contributed by atoms with E-state index in [9.17, 15) is 9.90 Å². The quantitative estimate of drug-likeness (QED) is 0.853. The fourth-order valence-corrected chi connectivity index (χ4v) is 4.87. The summed E-state index contributed by atoms with van der Waals surface area (Å²) in [5.74, 6) is -1.80. The van der Waals surface area contributed by atoms with Crippen LogP contribution in [0.4, 0.5) is 0 Å². The summed E-state index contributed by atoms with van der Waals surface area (Å²) in [7, 11) is -1.09. The first kappa shape index (κ1) is 16.7. The van der Waals surface area contributed by atoms with E-state index >= 15 is 0 Å². The van der Waals surface area contributed by atoms with Crippen LogP contribution in [0.15, 0.2) is 60.7 Å². The largest absolute Gasteiger partial charge is 0.548 e. The lowest BCUT2D eigenvalue weighted by atomic mass is 10.1. The van der Waals surface area contributed by atoms with Gasteiger partial charge in [-0.3, -0.25) is 0 Å². The number of carboxylic acid groups (broad SMARTS) is 1. The summed E-state index contributed by atoms with van der Waals surface area (Å²) in [6.07, 6.45) is 0. The molecule has 3 nitrogen and oxygen atoms in total. The van der Waals surface area contributed by atoms with Gasteiger partial charge in [0.25, 0.3) is 0 Å². The van der Waals surface area contributed by atoms with Gasteiger partial charge < -0.3 is 15.2 Å². The van der Waals surface area contributed by atoms with Crippen molar-refractivity contribution in [1.29, 1.82) is 0 Å². The second-order valence-corrected chi connectivity index (χ2v) is 8.45. The average Bonchev–Trinajstić information content (AvgIpc) is 2.47. The zero-order valence-corrected chi connectivity index (χ0v) is 14.0.